The van der Waals surface area contributed by atoms with E-state index in [1.807, 2.05) is 6.92 Å². The first-order chi connectivity index (χ1) is 6.61. The molecule has 0 aliphatic rings. The highest BCUT2D eigenvalue weighted by Gasteiger charge is 2.03. The average Bonchev–Trinajstić information content (AvgIpc) is 2.12. The number of nitrogens with zero attached hydrogens (tertiary/aromatic N) is 1. The summed E-state index contributed by atoms with van der Waals surface area (Å²) >= 11 is 5.66. The first kappa shape index (κ1) is 17.9. The molecule has 0 bridgehead atoms. The van der Waals surface area contributed by atoms with Crippen LogP contribution in [0, 0.1) is 17.7 Å². The van der Waals surface area contributed by atoms with E-state index in [4.69, 9.17) is 17.3 Å². The minimum absolute atomic E-state index is 0. The van der Waals surface area contributed by atoms with E-state index in [0.717, 1.165) is 6.20 Å². The first-order valence-corrected chi connectivity index (χ1v) is 4.52. The number of rotatable bonds is 1. The fourth-order valence-electron chi connectivity index (χ4n) is 0.814. The molecule has 2 nitrogen and oxygen atoms in total. The van der Waals surface area contributed by atoms with Crippen molar-refractivity contribution >= 4 is 36.4 Å². The predicted molar refractivity (Wildman–Crippen MR) is 68.8 cm³/mol. The normalized spacial score (nSPS) is 10.2. The zero-order chi connectivity index (χ0) is 10.6. The Morgan fingerprint density at radius 3 is 2.69 bits per heavy atom. The van der Waals surface area contributed by atoms with Crippen LogP contribution in [0.3, 0.4) is 0 Å². The van der Waals surface area contributed by atoms with E-state index in [0.29, 0.717) is 12.0 Å². The van der Waals surface area contributed by atoms with Gasteiger partial charge in [-0.3, -0.25) is 4.98 Å². The summed E-state index contributed by atoms with van der Waals surface area (Å²) in [6, 6.07) is 0.00259. The van der Waals surface area contributed by atoms with E-state index in [9.17, 15) is 4.39 Å². The summed E-state index contributed by atoms with van der Waals surface area (Å²) in [5.41, 5.74) is 5.89. The summed E-state index contributed by atoms with van der Waals surface area (Å²) in [5.74, 6) is 4.97. The van der Waals surface area contributed by atoms with Gasteiger partial charge in [0.15, 0.2) is 5.82 Å². The highest BCUT2D eigenvalue weighted by atomic mass is 35.5. The molecule has 0 saturated carbocycles. The Labute approximate surface area is 112 Å². The van der Waals surface area contributed by atoms with Crippen LogP contribution in [-0.4, -0.2) is 11.0 Å². The summed E-state index contributed by atoms with van der Waals surface area (Å²) in [5, 5.41) is 0.0113. The monoisotopic (exact) mass is 284 g/mol. The lowest BCUT2D eigenvalue weighted by Gasteiger charge is -1.96. The highest BCUT2D eigenvalue weighted by molar-refractivity contribution is 6.31. The Kier molecular flexibility index (Phi) is 9.60. The number of halogens is 4. The molecule has 0 aromatic carbocycles. The molecule has 0 amide bonds. The van der Waals surface area contributed by atoms with E-state index >= 15 is 0 Å². The molecule has 0 radical (unpaired) electrons. The van der Waals surface area contributed by atoms with Crippen molar-refractivity contribution in [2.45, 2.75) is 19.4 Å². The van der Waals surface area contributed by atoms with Crippen LogP contribution in [0.25, 0.3) is 0 Å². The van der Waals surface area contributed by atoms with E-state index in [1.54, 1.807) is 0 Å². The maximum absolute atomic E-state index is 12.9. The largest absolute Gasteiger partial charge is 0.327 e. The quantitative estimate of drug-likeness (QED) is 0.806. The van der Waals surface area contributed by atoms with Gasteiger partial charge in [-0.2, -0.15) is 0 Å². The van der Waals surface area contributed by atoms with Gasteiger partial charge in [-0.15, -0.1) is 24.8 Å². The van der Waals surface area contributed by atoms with E-state index in [1.165, 1.54) is 6.20 Å². The predicted octanol–water partition coefficient (Wildman–Crippen LogP) is 2.81. The van der Waals surface area contributed by atoms with Crippen LogP contribution in [0.15, 0.2) is 12.4 Å². The van der Waals surface area contributed by atoms with Crippen LogP contribution < -0.4 is 5.73 Å². The van der Waals surface area contributed by atoms with Crippen LogP contribution >= 0.6 is 36.4 Å². The van der Waals surface area contributed by atoms with E-state index in [2.05, 4.69) is 16.8 Å². The van der Waals surface area contributed by atoms with Crippen molar-refractivity contribution in [3.8, 4) is 11.8 Å². The van der Waals surface area contributed by atoms with Crippen LogP contribution in [-0.2, 0) is 0 Å². The third-order valence-electron chi connectivity index (χ3n) is 1.48. The highest BCUT2D eigenvalue weighted by Crippen LogP contribution is 2.16. The standard InChI is InChI=1S/C10H10ClFN2.2ClH/c1-7(13)3-2-4-8-5-14-6-9(12)10(8)11;;/h5-7H,3,13H2,1H3;2*1H/t7-;;/m0../s1. The number of pyridine rings is 1. The second-order valence-electron chi connectivity index (χ2n) is 2.97. The molecule has 0 spiro atoms. The van der Waals surface area contributed by atoms with Crippen molar-refractivity contribution < 1.29 is 4.39 Å². The average molecular weight is 286 g/mol. The van der Waals surface area contributed by atoms with Gasteiger partial charge < -0.3 is 5.73 Å². The molecule has 1 heterocycles. The number of nitrogens with two attached hydrogens (primary N) is 1. The van der Waals surface area contributed by atoms with Crippen molar-refractivity contribution in [3.63, 3.8) is 0 Å². The maximum Gasteiger partial charge on any atom is 0.161 e. The number of hydrogen-bond acceptors (Lipinski definition) is 2. The second-order valence-corrected chi connectivity index (χ2v) is 3.34. The summed E-state index contributed by atoms with van der Waals surface area (Å²) in [7, 11) is 0. The van der Waals surface area contributed by atoms with Crippen molar-refractivity contribution in [2.75, 3.05) is 0 Å². The summed E-state index contributed by atoms with van der Waals surface area (Å²) < 4.78 is 12.9. The fourth-order valence-corrected chi connectivity index (χ4v) is 0.958. The van der Waals surface area contributed by atoms with Crippen molar-refractivity contribution in [3.05, 3.63) is 28.8 Å². The van der Waals surface area contributed by atoms with Gasteiger partial charge in [0.05, 0.1) is 16.8 Å². The molecule has 0 aliphatic heterocycles. The fraction of sp³-hybridized carbons (Fsp3) is 0.300. The van der Waals surface area contributed by atoms with Gasteiger partial charge in [0, 0.05) is 18.7 Å². The molecule has 1 atom stereocenters. The van der Waals surface area contributed by atoms with Crippen LogP contribution in [0.1, 0.15) is 18.9 Å². The summed E-state index contributed by atoms with van der Waals surface area (Å²) in [6.45, 7) is 1.85. The molecule has 1 aromatic heterocycles. The lowest BCUT2D eigenvalue weighted by atomic mass is 10.2. The minimum atomic E-state index is -0.556. The molecule has 6 heteroatoms. The zero-order valence-electron chi connectivity index (χ0n) is 8.54. The molecule has 1 aromatic rings. The smallest absolute Gasteiger partial charge is 0.161 e. The van der Waals surface area contributed by atoms with Crippen LogP contribution in [0.4, 0.5) is 4.39 Å². The molecule has 0 unspecified atom stereocenters. The third-order valence-corrected chi connectivity index (χ3v) is 1.87. The molecule has 0 saturated heterocycles. The van der Waals surface area contributed by atoms with Gasteiger partial charge in [0.25, 0.3) is 0 Å². The van der Waals surface area contributed by atoms with Crippen molar-refractivity contribution in [1.82, 2.24) is 4.98 Å². The Morgan fingerprint density at radius 2 is 2.12 bits per heavy atom. The maximum atomic E-state index is 12.9. The van der Waals surface area contributed by atoms with E-state index in [-0.39, 0.29) is 35.9 Å². The van der Waals surface area contributed by atoms with Gasteiger partial charge >= 0.3 is 0 Å². The van der Waals surface area contributed by atoms with E-state index < -0.39 is 5.82 Å². The topological polar surface area (TPSA) is 38.9 Å². The molecule has 2 N–H and O–H groups in total. The molecular formula is C10H12Cl3FN2. The Morgan fingerprint density at radius 1 is 1.50 bits per heavy atom. The number of hydrogen-bond donors (Lipinski definition) is 1. The lowest BCUT2D eigenvalue weighted by Crippen LogP contribution is -2.12. The molecular weight excluding hydrogens is 273 g/mol. The number of aromatic nitrogens is 1. The SMILES string of the molecule is C[C@H](N)CC#Cc1cncc(F)c1Cl.Cl.Cl. The first-order valence-electron chi connectivity index (χ1n) is 4.14. The van der Waals surface area contributed by atoms with Crippen molar-refractivity contribution in [2.24, 2.45) is 5.73 Å². The zero-order valence-corrected chi connectivity index (χ0v) is 10.9. The van der Waals surface area contributed by atoms with Gasteiger partial charge in [0.2, 0.25) is 0 Å². The third kappa shape index (κ3) is 5.53. The van der Waals surface area contributed by atoms with Gasteiger partial charge in [-0.05, 0) is 6.92 Å². The molecule has 0 aliphatic carbocycles. The van der Waals surface area contributed by atoms with Gasteiger partial charge in [-0.1, -0.05) is 23.4 Å². The van der Waals surface area contributed by atoms with Crippen molar-refractivity contribution in [1.29, 1.82) is 0 Å². The van der Waals surface area contributed by atoms with Crippen LogP contribution in [0.5, 0.6) is 0 Å². The van der Waals surface area contributed by atoms with Crippen LogP contribution in [0.2, 0.25) is 5.02 Å². The van der Waals surface area contributed by atoms with Gasteiger partial charge in [0.1, 0.15) is 0 Å². The molecule has 0 fully saturated rings. The molecule has 90 valence electrons. The Balaban J connectivity index is 0. The molecule has 16 heavy (non-hydrogen) atoms. The summed E-state index contributed by atoms with van der Waals surface area (Å²) in [4.78, 5) is 3.65. The second kappa shape index (κ2) is 8.60. The van der Waals surface area contributed by atoms with Gasteiger partial charge in [-0.25, -0.2) is 4.39 Å². The lowest BCUT2D eigenvalue weighted by molar-refractivity contribution is 0.621. The minimum Gasteiger partial charge on any atom is -0.327 e. The Hall–Kier alpha value is -0.530. The summed E-state index contributed by atoms with van der Waals surface area (Å²) in [6.07, 6.45) is 3.03. The molecule has 1 rings (SSSR count). The Bertz CT molecular complexity index is 385.